The van der Waals surface area contributed by atoms with Crippen LogP contribution in [0.15, 0.2) is 138 Å². The molecule has 0 N–H and O–H groups in total. The zero-order valence-corrected chi connectivity index (χ0v) is 20.1. The Bertz CT molecular complexity index is 1600. The fourth-order valence-corrected chi connectivity index (χ4v) is 4.88. The molecular formula is C32H22BrN. The summed E-state index contributed by atoms with van der Waals surface area (Å²) in [5.41, 5.74) is 5.86. The van der Waals surface area contributed by atoms with Crippen LogP contribution in [0.3, 0.4) is 0 Å². The Morgan fingerprint density at radius 2 is 1.03 bits per heavy atom. The molecule has 0 aliphatic carbocycles. The summed E-state index contributed by atoms with van der Waals surface area (Å²) in [6.45, 7) is 0. The fourth-order valence-electron chi connectivity index (χ4n) is 4.62. The second-order valence-electron chi connectivity index (χ2n) is 8.42. The van der Waals surface area contributed by atoms with Crippen LogP contribution in [0.25, 0.3) is 32.7 Å². The van der Waals surface area contributed by atoms with Gasteiger partial charge < -0.3 is 4.90 Å². The summed E-state index contributed by atoms with van der Waals surface area (Å²) in [6.07, 6.45) is 0. The van der Waals surface area contributed by atoms with Crippen molar-refractivity contribution in [3.63, 3.8) is 0 Å². The molecule has 0 amide bonds. The van der Waals surface area contributed by atoms with E-state index >= 15 is 0 Å². The van der Waals surface area contributed by atoms with E-state index in [1.54, 1.807) is 0 Å². The van der Waals surface area contributed by atoms with E-state index in [9.17, 15) is 0 Å². The molecule has 0 fully saturated rings. The van der Waals surface area contributed by atoms with E-state index in [0.717, 1.165) is 21.5 Å². The van der Waals surface area contributed by atoms with Crippen molar-refractivity contribution in [1.82, 2.24) is 0 Å². The summed E-state index contributed by atoms with van der Waals surface area (Å²) in [7, 11) is 0. The van der Waals surface area contributed by atoms with Crippen molar-refractivity contribution >= 4 is 54.5 Å². The number of hydrogen-bond donors (Lipinski definition) is 0. The molecule has 0 aliphatic rings. The van der Waals surface area contributed by atoms with Crippen LogP contribution in [0.5, 0.6) is 0 Å². The number of hydrogen-bond acceptors (Lipinski definition) is 1. The molecule has 0 aliphatic heterocycles. The molecule has 0 heterocycles. The first kappa shape index (κ1) is 20.7. The zero-order chi connectivity index (χ0) is 22.9. The van der Waals surface area contributed by atoms with Gasteiger partial charge in [0.05, 0.1) is 0 Å². The van der Waals surface area contributed by atoms with E-state index in [-0.39, 0.29) is 0 Å². The predicted octanol–water partition coefficient (Wildman–Crippen LogP) is 9.89. The van der Waals surface area contributed by atoms with Gasteiger partial charge in [-0.15, -0.1) is 0 Å². The number of rotatable bonds is 4. The van der Waals surface area contributed by atoms with Crippen LogP contribution >= 0.6 is 15.9 Å². The van der Waals surface area contributed by atoms with E-state index < -0.39 is 0 Å². The molecule has 0 saturated carbocycles. The average molecular weight is 500 g/mol. The van der Waals surface area contributed by atoms with Gasteiger partial charge in [0.2, 0.25) is 0 Å². The second-order valence-corrected chi connectivity index (χ2v) is 9.33. The van der Waals surface area contributed by atoms with Gasteiger partial charge in [-0.2, -0.15) is 0 Å². The van der Waals surface area contributed by atoms with Gasteiger partial charge in [-0.25, -0.2) is 0 Å². The Kier molecular flexibility index (Phi) is 5.37. The third-order valence-corrected chi connectivity index (χ3v) is 6.83. The van der Waals surface area contributed by atoms with Gasteiger partial charge in [-0.3, -0.25) is 0 Å². The Morgan fingerprint density at radius 1 is 0.441 bits per heavy atom. The van der Waals surface area contributed by atoms with Gasteiger partial charge >= 0.3 is 0 Å². The highest BCUT2D eigenvalue weighted by Crippen LogP contribution is 2.38. The first-order valence-corrected chi connectivity index (χ1v) is 12.2. The van der Waals surface area contributed by atoms with E-state index in [1.807, 2.05) is 0 Å². The van der Waals surface area contributed by atoms with E-state index in [1.165, 1.54) is 32.7 Å². The lowest BCUT2D eigenvalue weighted by atomic mass is 9.98. The predicted molar refractivity (Wildman–Crippen MR) is 149 cm³/mol. The maximum absolute atomic E-state index is 3.58. The Labute approximate surface area is 208 Å². The molecular weight excluding hydrogens is 478 g/mol. The number of anilines is 3. The van der Waals surface area contributed by atoms with Crippen molar-refractivity contribution in [1.29, 1.82) is 0 Å². The standard InChI is InChI=1S/C32H22BrN/c33-27-15-20-29(21-16-27)34(30-19-12-23-6-1-2-8-26(23)22-30)28-17-13-25(14-18-28)32-11-5-9-24-7-3-4-10-31(24)32/h1-22H. The van der Waals surface area contributed by atoms with Crippen molar-refractivity contribution in [3.05, 3.63) is 138 Å². The fraction of sp³-hybridized carbons (Fsp3) is 0. The quantitative estimate of drug-likeness (QED) is 0.233. The summed E-state index contributed by atoms with van der Waals surface area (Å²) in [4.78, 5) is 2.31. The minimum atomic E-state index is 1.07. The molecule has 0 saturated heterocycles. The molecule has 34 heavy (non-hydrogen) atoms. The highest BCUT2D eigenvalue weighted by molar-refractivity contribution is 9.10. The Balaban J connectivity index is 1.46. The molecule has 2 heteroatoms. The first-order chi connectivity index (χ1) is 16.8. The summed E-state index contributed by atoms with van der Waals surface area (Å²) in [6, 6.07) is 47.6. The van der Waals surface area contributed by atoms with Gasteiger partial charge in [0.1, 0.15) is 0 Å². The molecule has 1 nitrogen and oxygen atoms in total. The molecule has 0 unspecified atom stereocenters. The maximum Gasteiger partial charge on any atom is 0.0468 e. The molecule has 6 aromatic carbocycles. The van der Waals surface area contributed by atoms with Gasteiger partial charge in [-0.1, -0.05) is 101 Å². The second kappa shape index (κ2) is 8.81. The van der Waals surface area contributed by atoms with Crippen LogP contribution in [0.1, 0.15) is 0 Å². The third-order valence-electron chi connectivity index (χ3n) is 6.30. The van der Waals surface area contributed by atoms with Crippen molar-refractivity contribution in [2.45, 2.75) is 0 Å². The summed E-state index contributed by atoms with van der Waals surface area (Å²) >= 11 is 3.58. The molecule has 162 valence electrons. The number of halogens is 1. The zero-order valence-electron chi connectivity index (χ0n) is 18.5. The first-order valence-electron chi connectivity index (χ1n) is 11.4. The molecule has 0 aromatic heterocycles. The Morgan fingerprint density at radius 3 is 1.79 bits per heavy atom. The SMILES string of the molecule is Brc1ccc(N(c2ccc(-c3cccc4ccccc34)cc2)c2ccc3ccccc3c2)cc1. The lowest BCUT2D eigenvalue weighted by Gasteiger charge is -2.26. The highest BCUT2D eigenvalue weighted by atomic mass is 79.9. The monoisotopic (exact) mass is 499 g/mol. The summed E-state index contributed by atoms with van der Waals surface area (Å²) in [5.74, 6) is 0. The minimum absolute atomic E-state index is 1.07. The van der Waals surface area contributed by atoms with Crippen molar-refractivity contribution in [2.24, 2.45) is 0 Å². The van der Waals surface area contributed by atoms with E-state index in [4.69, 9.17) is 0 Å². The van der Waals surface area contributed by atoms with Crippen LogP contribution in [0.2, 0.25) is 0 Å². The van der Waals surface area contributed by atoms with Crippen LogP contribution in [0.4, 0.5) is 17.1 Å². The topological polar surface area (TPSA) is 3.24 Å². The lowest BCUT2D eigenvalue weighted by molar-refractivity contribution is 1.29. The molecule has 0 radical (unpaired) electrons. The van der Waals surface area contributed by atoms with Gasteiger partial charge in [0.25, 0.3) is 0 Å². The van der Waals surface area contributed by atoms with Gasteiger partial charge in [-0.05, 0) is 81.2 Å². The third kappa shape index (κ3) is 3.87. The molecule has 0 bridgehead atoms. The number of fused-ring (bicyclic) bond motifs is 2. The van der Waals surface area contributed by atoms with Crippen LogP contribution in [-0.4, -0.2) is 0 Å². The largest absolute Gasteiger partial charge is 0.310 e. The van der Waals surface area contributed by atoms with Crippen LogP contribution in [-0.2, 0) is 0 Å². The molecule has 0 atom stereocenters. The average Bonchev–Trinajstić information content (AvgIpc) is 2.90. The van der Waals surface area contributed by atoms with Crippen LogP contribution in [0, 0.1) is 0 Å². The number of benzene rings is 6. The maximum atomic E-state index is 3.58. The number of nitrogens with zero attached hydrogens (tertiary/aromatic N) is 1. The van der Waals surface area contributed by atoms with E-state index in [2.05, 4.69) is 154 Å². The molecule has 6 aromatic rings. The van der Waals surface area contributed by atoms with Gasteiger partial charge in [0, 0.05) is 21.5 Å². The smallest absolute Gasteiger partial charge is 0.0468 e. The molecule has 0 spiro atoms. The lowest BCUT2D eigenvalue weighted by Crippen LogP contribution is -2.09. The van der Waals surface area contributed by atoms with Gasteiger partial charge in [0.15, 0.2) is 0 Å². The molecule has 6 rings (SSSR count). The van der Waals surface area contributed by atoms with Crippen LogP contribution < -0.4 is 4.90 Å². The van der Waals surface area contributed by atoms with Crippen molar-refractivity contribution < 1.29 is 0 Å². The summed E-state index contributed by atoms with van der Waals surface area (Å²) in [5, 5.41) is 5.01. The van der Waals surface area contributed by atoms with Crippen molar-refractivity contribution in [3.8, 4) is 11.1 Å². The summed E-state index contributed by atoms with van der Waals surface area (Å²) < 4.78 is 1.07. The normalized spacial score (nSPS) is 11.1. The van der Waals surface area contributed by atoms with E-state index in [0.29, 0.717) is 0 Å². The minimum Gasteiger partial charge on any atom is -0.310 e. The van der Waals surface area contributed by atoms with Crippen molar-refractivity contribution in [2.75, 3.05) is 4.90 Å². The Hall–Kier alpha value is -3.88. The highest BCUT2D eigenvalue weighted by Gasteiger charge is 2.14.